The number of benzene rings is 1. The highest BCUT2D eigenvalue weighted by atomic mass is 16.5. The van der Waals surface area contributed by atoms with Gasteiger partial charge in [-0.2, -0.15) is 0 Å². The lowest BCUT2D eigenvalue weighted by Gasteiger charge is -2.22. The minimum absolute atomic E-state index is 0.0462. The number of hydrogen-bond donors (Lipinski definition) is 1. The molecule has 182 valence electrons. The van der Waals surface area contributed by atoms with Crippen molar-refractivity contribution in [1.29, 1.82) is 0 Å². The number of esters is 1. The molecule has 0 aliphatic carbocycles. The van der Waals surface area contributed by atoms with Crippen LogP contribution in [0.15, 0.2) is 54.6 Å². The molecular formula is C28H41NO4. The Labute approximate surface area is 199 Å². The molecule has 0 unspecified atom stereocenters. The summed E-state index contributed by atoms with van der Waals surface area (Å²) in [6.07, 6.45) is 16.3. The third kappa shape index (κ3) is 10.4. The number of carbonyl (C=O) groups is 2. The van der Waals surface area contributed by atoms with Gasteiger partial charge < -0.3 is 14.7 Å². The number of carbonyl (C=O) groups excluding carboxylic acids is 2. The molecule has 1 aromatic rings. The molecule has 1 saturated heterocycles. The summed E-state index contributed by atoms with van der Waals surface area (Å²) >= 11 is 0. The van der Waals surface area contributed by atoms with Gasteiger partial charge in [0.15, 0.2) is 0 Å². The number of amides is 1. The third-order valence-electron chi connectivity index (χ3n) is 6.40. The van der Waals surface area contributed by atoms with Crippen molar-refractivity contribution in [2.75, 3.05) is 13.7 Å². The predicted molar refractivity (Wildman–Crippen MR) is 133 cm³/mol. The Kier molecular flexibility index (Phi) is 12.6. The van der Waals surface area contributed by atoms with Crippen LogP contribution >= 0.6 is 0 Å². The van der Waals surface area contributed by atoms with Crippen LogP contribution in [0.4, 0.5) is 0 Å². The van der Waals surface area contributed by atoms with E-state index in [0.717, 1.165) is 38.5 Å². The molecular weight excluding hydrogens is 414 g/mol. The lowest BCUT2D eigenvalue weighted by Crippen LogP contribution is -2.32. The maximum absolute atomic E-state index is 12.3. The van der Waals surface area contributed by atoms with Crippen molar-refractivity contribution in [3.8, 4) is 0 Å². The van der Waals surface area contributed by atoms with Gasteiger partial charge in [0.05, 0.1) is 19.3 Å². The van der Waals surface area contributed by atoms with Crippen LogP contribution in [0.1, 0.15) is 70.3 Å². The van der Waals surface area contributed by atoms with Crippen LogP contribution in [0, 0.1) is 5.92 Å². The Morgan fingerprint density at radius 3 is 2.73 bits per heavy atom. The molecule has 33 heavy (non-hydrogen) atoms. The number of aliphatic hydroxyl groups is 1. The zero-order valence-corrected chi connectivity index (χ0v) is 20.3. The van der Waals surface area contributed by atoms with Gasteiger partial charge in [-0.05, 0) is 50.0 Å². The van der Waals surface area contributed by atoms with E-state index in [-0.39, 0.29) is 23.8 Å². The van der Waals surface area contributed by atoms with Gasteiger partial charge >= 0.3 is 5.97 Å². The molecule has 1 aliphatic rings. The lowest BCUT2D eigenvalue weighted by atomic mass is 9.95. The van der Waals surface area contributed by atoms with Crippen LogP contribution < -0.4 is 0 Å². The molecule has 0 bridgehead atoms. The van der Waals surface area contributed by atoms with E-state index < -0.39 is 6.10 Å². The normalized spacial score (nSPS) is 18.3. The molecule has 1 heterocycles. The Morgan fingerprint density at radius 2 is 1.97 bits per heavy atom. The molecule has 1 aliphatic heterocycles. The zero-order valence-electron chi connectivity index (χ0n) is 20.3. The Balaban J connectivity index is 1.66. The standard InChI is InChI=1S/C28H41NO4/c1-23(13-7-5-8-14-24-15-9-6-10-16-24)26(30)20-18-25-19-21-27(31)29(25)22-12-4-3-11-17-28(32)33-2/h4,6,9-10,12,15-16,18,20,23,25-26,30H,3,5,7-8,11,13-14,17,19,21-22H2,1-2H3/b12-4+,20-18+/t23-,25-,26+/m0/s1. The second-order valence-electron chi connectivity index (χ2n) is 9.03. The lowest BCUT2D eigenvalue weighted by molar-refractivity contribution is -0.140. The first kappa shape index (κ1) is 26.8. The number of aliphatic hydroxyl groups excluding tert-OH is 1. The van der Waals surface area contributed by atoms with Crippen molar-refractivity contribution in [3.63, 3.8) is 0 Å². The molecule has 3 atom stereocenters. The van der Waals surface area contributed by atoms with Crippen LogP contribution in [0.2, 0.25) is 0 Å². The molecule has 0 radical (unpaired) electrons. The number of allylic oxidation sites excluding steroid dienone is 1. The van der Waals surface area contributed by atoms with Crippen molar-refractivity contribution in [1.82, 2.24) is 4.90 Å². The van der Waals surface area contributed by atoms with Gasteiger partial charge in [0, 0.05) is 19.4 Å². The molecule has 1 aromatic carbocycles. The average Bonchev–Trinajstić information content (AvgIpc) is 3.18. The number of methoxy groups -OCH3 is 1. The molecule has 0 spiro atoms. The van der Waals surface area contributed by atoms with Crippen LogP contribution in [-0.4, -0.2) is 47.7 Å². The number of nitrogens with zero attached hydrogens (tertiary/aromatic N) is 1. The first-order valence-electron chi connectivity index (χ1n) is 12.4. The average molecular weight is 456 g/mol. The minimum Gasteiger partial charge on any atom is -0.469 e. The van der Waals surface area contributed by atoms with Crippen molar-refractivity contribution in [2.45, 2.75) is 83.3 Å². The zero-order chi connectivity index (χ0) is 23.9. The monoisotopic (exact) mass is 455 g/mol. The summed E-state index contributed by atoms with van der Waals surface area (Å²) < 4.78 is 4.63. The van der Waals surface area contributed by atoms with Gasteiger partial charge in [-0.1, -0.05) is 74.4 Å². The number of likely N-dealkylation sites (tertiary alicyclic amines) is 1. The molecule has 0 aromatic heterocycles. The molecule has 1 amide bonds. The Morgan fingerprint density at radius 1 is 1.18 bits per heavy atom. The van der Waals surface area contributed by atoms with Crippen molar-refractivity contribution < 1.29 is 19.4 Å². The number of unbranched alkanes of at least 4 members (excludes halogenated alkanes) is 3. The van der Waals surface area contributed by atoms with E-state index in [1.54, 1.807) is 0 Å². The molecule has 1 fully saturated rings. The van der Waals surface area contributed by atoms with Gasteiger partial charge in [-0.3, -0.25) is 9.59 Å². The summed E-state index contributed by atoms with van der Waals surface area (Å²) in [7, 11) is 1.40. The maximum Gasteiger partial charge on any atom is 0.305 e. The highest BCUT2D eigenvalue weighted by molar-refractivity contribution is 5.79. The summed E-state index contributed by atoms with van der Waals surface area (Å²) in [5.74, 6) is 0.173. The largest absolute Gasteiger partial charge is 0.469 e. The van der Waals surface area contributed by atoms with Crippen LogP contribution in [0.25, 0.3) is 0 Å². The second kappa shape index (κ2) is 15.4. The quantitative estimate of drug-likeness (QED) is 0.223. The van der Waals surface area contributed by atoms with E-state index in [0.29, 0.717) is 19.4 Å². The molecule has 2 rings (SSSR count). The van der Waals surface area contributed by atoms with Crippen molar-refractivity contribution in [2.24, 2.45) is 5.92 Å². The smallest absolute Gasteiger partial charge is 0.305 e. The highest BCUT2D eigenvalue weighted by Crippen LogP contribution is 2.21. The molecule has 5 nitrogen and oxygen atoms in total. The topological polar surface area (TPSA) is 66.8 Å². The molecule has 0 saturated carbocycles. The fourth-order valence-corrected chi connectivity index (χ4v) is 4.18. The number of hydrogen-bond acceptors (Lipinski definition) is 4. The van der Waals surface area contributed by atoms with Crippen LogP contribution in [0.3, 0.4) is 0 Å². The summed E-state index contributed by atoms with van der Waals surface area (Å²) in [5.41, 5.74) is 1.39. The van der Waals surface area contributed by atoms with E-state index in [2.05, 4.69) is 35.9 Å². The van der Waals surface area contributed by atoms with E-state index in [4.69, 9.17) is 0 Å². The predicted octanol–water partition coefficient (Wildman–Crippen LogP) is 5.23. The number of aryl methyl sites for hydroxylation is 1. The first-order chi connectivity index (χ1) is 16.0. The highest BCUT2D eigenvalue weighted by Gasteiger charge is 2.28. The van der Waals surface area contributed by atoms with Crippen LogP contribution in [0.5, 0.6) is 0 Å². The molecule has 1 N–H and O–H groups in total. The Bertz CT molecular complexity index is 758. The minimum atomic E-state index is -0.481. The fourth-order valence-electron chi connectivity index (χ4n) is 4.18. The van der Waals surface area contributed by atoms with E-state index in [1.807, 2.05) is 35.3 Å². The summed E-state index contributed by atoms with van der Waals surface area (Å²) in [6.45, 7) is 2.67. The third-order valence-corrected chi connectivity index (χ3v) is 6.40. The fraction of sp³-hybridized carbons (Fsp3) is 0.571. The number of ether oxygens (including phenoxy) is 1. The Hall–Kier alpha value is -2.40. The first-order valence-corrected chi connectivity index (χ1v) is 12.4. The summed E-state index contributed by atoms with van der Waals surface area (Å²) in [4.78, 5) is 25.2. The van der Waals surface area contributed by atoms with Crippen LogP contribution in [-0.2, 0) is 20.7 Å². The SMILES string of the molecule is COC(=O)CCC/C=C/CN1C(=O)CC[C@@H]1/C=C/[C@@H](O)[C@@H](C)CCCCCc1ccccc1. The van der Waals surface area contributed by atoms with Gasteiger partial charge in [-0.15, -0.1) is 0 Å². The summed E-state index contributed by atoms with van der Waals surface area (Å²) in [6, 6.07) is 10.6. The molecule has 5 heteroatoms. The van der Waals surface area contributed by atoms with Gasteiger partial charge in [-0.25, -0.2) is 0 Å². The van der Waals surface area contributed by atoms with Gasteiger partial charge in [0.1, 0.15) is 0 Å². The maximum atomic E-state index is 12.3. The van der Waals surface area contributed by atoms with Gasteiger partial charge in [0.2, 0.25) is 5.91 Å². The van der Waals surface area contributed by atoms with Crippen molar-refractivity contribution in [3.05, 3.63) is 60.2 Å². The second-order valence-corrected chi connectivity index (χ2v) is 9.03. The van der Waals surface area contributed by atoms with E-state index in [1.165, 1.54) is 25.5 Å². The van der Waals surface area contributed by atoms with Gasteiger partial charge in [0.25, 0.3) is 0 Å². The van der Waals surface area contributed by atoms with E-state index >= 15 is 0 Å². The number of rotatable bonds is 15. The van der Waals surface area contributed by atoms with E-state index in [9.17, 15) is 14.7 Å². The summed E-state index contributed by atoms with van der Waals surface area (Å²) in [5, 5.41) is 10.6. The van der Waals surface area contributed by atoms with Crippen molar-refractivity contribution >= 4 is 11.9 Å².